The van der Waals surface area contributed by atoms with Gasteiger partial charge in [-0.25, -0.2) is 4.39 Å². The lowest BCUT2D eigenvalue weighted by molar-refractivity contribution is -0.114. The number of carbonyl (C=O) groups is 1. The summed E-state index contributed by atoms with van der Waals surface area (Å²) in [6.45, 7) is 5.39. The van der Waals surface area contributed by atoms with Gasteiger partial charge in [-0.2, -0.15) is 5.10 Å². The second-order valence-corrected chi connectivity index (χ2v) is 4.56. The molecule has 4 nitrogen and oxygen atoms in total. The Morgan fingerprint density at radius 1 is 1.55 bits per heavy atom. The minimum atomic E-state index is -0.397. The molecule has 0 saturated carbocycles. The Bertz CT molecular complexity index is 648. The van der Waals surface area contributed by atoms with Crippen molar-refractivity contribution < 1.29 is 9.18 Å². The lowest BCUT2D eigenvalue weighted by atomic mass is 10.1. The van der Waals surface area contributed by atoms with Gasteiger partial charge in [-0.1, -0.05) is 18.7 Å². The van der Waals surface area contributed by atoms with Gasteiger partial charge in [0.05, 0.1) is 18.4 Å². The third-order valence-electron chi connectivity index (χ3n) is 3.00. The lowest BCUT2D eigenvalue weighted by Crippen LogP contribution is -2.29. The summed E-state index contributed by atoms with van der Waals surface area (Å²) in [4.78, 5) is 13.4. The summed E-state index contributed by atoms with van der Waals surface area (Å²) >= 11 is 0. The molecule has 2 aromatic rings. The highest BCUT2D eigenvalue weighted by molar-refractivity contribution is 6.01. The summed E-state index contributed by atoms with van der Waals surface area (Å²) in [5, 5.41) is 4.05. The first-order valence-electron chi connectivity index (χ1n) is 6.19. The predicted octanol–water partition coefficient (Wildman–Crippen LogP) is 2.59. The standard InChI is InChI=1S/C15H16FN3O/c1-4-14(20)19(10-12-8-17-18(3)9-12)13-7-5-6-11(2)15(13)16/h4-9H,1,10H2,2-3H3. The normalized spacial score (nSPS) is 10.3. The molecule has 0 atom stereocenters. The largest absolute Gasteiger partial charge is 0.301 e. The lowest BCUT2D eigenvalue weighted by Gasteiger charge is -2.21. The van der Waals surface area contributed by atoms with Crippen molar-refractivity contribution in [3.8, 4) is 0 Å². The highest BCUT2D eigenvalue weighted by atomic mass is 19.1. The Morgan fingerprint density at radius 3 is 2.90 bits per heavy atom. The zero-order valence-corrected chi connectivity index (χ0v) is 11.5. The molecule has 0 fully saturated rings. The van der Waals surface area contributed by atoms with Crippen LogP contribution in [0.2, 0.25) is 0 Å². The molecule has 0 unspecified atom stereocenters. The van der Waals surface area contributed by atoms with Crippen molar-refractivity contribution in [1.29, 1.82) is 0 Å². The molecule has 0 bridgehead atoms. The van der Waals surface area contributed by atoms with Crippen molar-refractivity contribution >= 4 is 11.6 Å². The minimum Gasteiger partial charge on any atom is -0.301 e. The van der Waals surface area contributed by atoms with E-state index in [1.54, 1.807) is 49.2 Å². The molecule has 0 N–H and O–H groups in total. The molecule has 1 amide bonds. The number of anilines is 1. The van der Waals surface area contributed by atoms with E-state index in [4.69, 9.17) is 0 Å². The van der Waals surface area contributed by atoms with Crippen molar-refractivity contribution in [3.05, 3.63) is 60.2 Å². The third-order valence-corrected chi connectivity index (χ3v) is 3.00. The maximum absolute atomic E-state index is 14.2. The number of aromatic nitrogens is 2. The number of hydrogen-bond acceptors (Lipinski definition) is 2. The average Bonchev–Trinajstić information content (AvgIpc) is 2.84. The Balaban J connectivity index is 2.39. The van der Waals surface area contributed by atoms with E-state index in [0.29, 0.717) is 5.56 Å². The number of rotatable bonds is 4. The number of aryl methyl sites for hydroxylation is 2. The molecule has 104 valence electrons. The summed E-state index contributed by atoms with van der Waals surface area (Å²) in [5.74, 6) is -0.745. The van der Waals surface area contributed by atoms with Gasteiger partial charge < -0.3 is 4.90 Å². The fourth-order valence-corrected chi connectivity index (χ4v) is 1.97. The number of hydrogen-bond donors (Lipinski definition) is 0. The van der Waals surface area contributed by atoms with Crippen LogP contribution in [0.1, 0.15) is 11.1 Å². The summed E-state index contributed by atoms with van der Waals surface area (Å²) < 4.78 is 15.8. The summed E-state index contributed by atoms with van der Waals surface area (Å²) in [5.41, 5.74) is 1.57. The molecule has 0 spiro atoms. The SMILES string of the molecule is C=CC(=O)N(Cc1cnn(C)c1)c1cccc(C)c1F. The topological polar surface area (TPSA) is 38.1 Å². The van der Waals surface area contributed by atoms with Gasteiger partial charge in [0.1, 0.15) is 5.82 Å². The van der Waals surface area contributed by atoms with Crippen LogP contribution in [0.3, 0.4) is 0 Å². The second-order valence-electron chi connectivity index (χ2n) is 4.56. The molecule has 5 heteroatoms. The van der Waals surface area contributed by atoms with Crippen LogP contribution in [-0.4, -0.2) is 15.7 Å². The van der Waals surface area contributed by atoms with E-state index in [1.165, 1.54) is 11.0 Å². The molecule has 0 aliphatic rings. The zero-order valence-electron chi connectivity index (χ0n) is 11.5. The predicted molar refractivity (Wildman–Crippen MR) is 75.7 cm³/mol. The highest BCUT2D eigenvalue weighted by Gasteiger charge is 2.18. The van der Waals surface area contributed by atoms with Crippen LogP contribution in [0.25, 0.3) is 0 Å². The van der Waals surface area contributed by atoms with Crippen LogP contribution in [0.4, 0.5) is 10.1 Å². The van der Waals surface area contributed by atoms with Crippen LogP contribution in [0, 0.1) is 12.7 Å². The first-order valence-corrected chi connectivity index (χ1v) is 6.19. The maximum atomic E-state index is 14.2. The maximum Gasteiger partial charge on any atom is 0.250 e. The number of amides is 1. The molecular formula is C15H16FN3O. The van der Waals surface area contributed by atoms with Crippen LogP contribution in [0.15, 0.2) is 43.2 Å². The molecule has 1 heterocycles. The molecule has 0 aliphatic heterocycles. The number of carbonyl (C=O) groups excluding carboxylic acids is 1. The van der Waals surface area contributed by atoms with Crippen LogP contribution < -0.4 is 4.90 Å². The van der Waals surface area contributed by atoms with Crippen molar-refractivity contribution in [1.82, 2.24) is 9.78 Å². The van der Waals surface area contributed by atoms with Crippen molar-refractivity contribution in [2.24, 2.45) is 7.05 Å². The van der Waals surface area contributed by atoms with Crippen LogP contribution >= 0.6 is 0 Å². The van der Waals surface area contributed by atoms with E-state index >= 15 is 0 Å². The van der Waals surface area contributed by atoms with Crippen molar-refractivity contribution in [2.45, 2.75) is 13.5 Å². The number of benzene rings is 1. The van der Waals surface area contributed by atoms with E-state index < -0.39 is 5.82 Å². The number of nitrogens with zero attached hydrogens (tertiary/aromatic N) is 3. The van der Waals surface area contributed by atoms with E-state index in [-0.39, 0.29) is 18.1 Å². The van der Waals surface area contributed by atoms with Gasteiger partial charge >= 0.3 is 0 Å². The third kappa shape index (κ3) is 2.77. The fourth-order valence-electron chi connectivity index (χ4n) is 1.97. The second kappa shape index (κ2) is 5.69. The van der Waals surface area contributed by atoms with Crippen molar-refractivity contribution in [3.63, 3.8) is 0 Å². The molecule has 0 saturated heterocycles. The summed E-state index contributed by atoms with van der Waals surface area (Å²) in [6.07, 6.45) is 4.62. The molecule has 1 aromatic carbocycles. The molecule has 2 rings (SSSR count). The average molecular weight is 273 g/mol. The van der Waals surface area contributed by atoms with Gasteiger partial charge in [0, 0.05) is 18.8 Å². The summed E-state index contributed by atoms with van der Waals surface area (Å²) in [6, 6.07) is 4.97. The van der Waals surface area contributed by atoms with Gasteiger partial charge in [-0.05, 0) is 24.6 Å². The Hall–Kier alpha value is -2.43. The van der Waals surface area contributed by atoms with Crippen LogP contribution in [-0.2, 0) is 18.4 Å². The molecule has 0 radical (unpaired) electrons. The number of halogens is 1. The smallest absolute Gasteiger partial charge is 0.250 e. The van der Waals surface area contributed by atoms with Gasteiger partial charge in [-0.3, -0.25) is 9.48 Å². The molecule has 20 heavy (non-hydrogen) atoms. The summed E-state index contributed by atoms with van der Waals surface area (Å²) in [7, 11) is 1.79. The molecular weight excluding hydrogens is 257 g/mol. The van der Waals surface area contributed by atoms with Crippen LogP contribution in [0.5, 0.6) is 0 Å². The minimum absolute atomic E-state index is 0.249. The van der Waals surface area contributed by atoms with Crippen molar-refractivity contribution in [2.75, 3.05) is 4.90 Å². The van der Waals surface area contributed by atoms with Gasteiger partial charge in [0.25, 0.3) is 5.91 Å². The van der Waals surface area contributed by atoms with E-state index in [0.717, 1.165) is 5.56 Å². The first kappa shape index (κ1) is 14.0. The Kier molecular flexibility index (Phi) is 3.98. The Morgan fingerprint density at radius 2 is 2.30 bits per heavy atom. The monoisotopic (exact) mass is 273 g/mol. The Labute approximate surface area is 117 Å². The fraction of sp³-hybridized carbons (Fsp3) is 0.200. The van der Waals surface area contributed by atoms with E-state index in [9.17, 15) is 9.18 Å². The van der Waals surface area contributed by atoms with Gasteiger partial charge in [0.15, 0.2) is 0 Å². The van der Waals surface area contributed by atoms with E-state index in [1.807, 2.05) is 0 Å². The van der Waals surface area contributed by atoms with Gasteiger partial charge in [0.2, 0.25) is 0 Å². The quantitative estimate of drug-likeness (QED) is 0.803. The molecule has 1 aromatic heterocycles. The zero-order chi connectivity index (χ0) is 14.7. The van der Waals surface area contributed by atoms with Gasteiger partial charge in [-0.15, -0.1) is 0 Å². The molecule has 0 aliphatic carbocycles. The first-order chi connectivity index (χ1) is 9.52. The van der Waals surface area contributed by atoms with E-state index in [2.05, 4.69) is 11.7 Å². The highest BCUT2D eigenvalue weighted by Crippen LogP contribution is 2.24.